The minimum absolute atomic E-state index is 0.0515. The van der Waals surface area contributed by atoms with Gasteiger partial charge in [-0.3, -0.25) is 4.79 Å². The maximum absolute atomic E-state index is 13.4. The van der Waals surface area contributed by atoms with Crippen LogP contribution in [0.3, 0.4) is 0 Å². The quantitative estimate of drug-likeness (QED) is 0.296. The smallest absolute Gasteiger partial charge is 0.210 e. The number of hydrogen-bond acceptors (Lipinski definition) is 3. The maximum atomic E-state index is 13.4. The fourth-order valence-electron chi connectivity index (χ4n) is 5.84. The monoisotopic (exact) mass is 477 g/mol. The van der Waals surface area contributed by atoms with Crippen molar-refractivity contribution in [3.05, 3.63) is 120 Å². The molecule has 4 heteroatoms. The largest absolute Gasteiger partial charge is 0.506 e. The first-order valence-electron chi connectivity index (χ1n) is 12.4. The zero-order valence-electron chi connectivity index (χ0n) is 21.5. The third-order valence-electron chi connectivity index (χ3n) is 7.78. The Labute approximate surface area is 213 Å². The number of ketones is 1. The van der Waals surface area contributed by atoms with Crippen molar-refractivity contribution in [3.63, 3.8) is 0 Å². The van der Waals surface area contributed by atoms with Crippen molar-refractivity contribution in [1.82, 2.24) is 0 Å². The zero-order valence-corrected chi connectivity index (χ0v) is 21.5. The van der Waals surface area contributed by atoms with Gasteiger partial charge in [-0.15, -0.1) is 6.58 Å². The molecule has 0 bridgehead atoms. The number of nitrogens with zero attached hydrogens (tertiary/aromatic N) is 2. The Kier molecular flexibility index (Phi) is 5.51. The highest BCUT2D eigenvalue weighted by Crippen LogP contribution is 2.49. The van der Waals surface area contributed by atoms with Gasteiger partial charge in [0.1, 0.15) is 5.76 Å². The Morgan fingerprint density at radius 2 is 1.58 bits per heavy atom. The van der Waals surface area contributed by atoms with E-state index in [-0.39, 0.29) is 22.4 Å². The van der Waals surface area contributed by atoms with Gasteiger partial charge in [0.25, 0.3) is 0 Å². The molecule has 2 aromatic carbocycles. The van der Waals surface area contributed by atoms with Gasteiger partial charge in [0.05, 0.1) is 16.6 Å². The summed E-state index contributed by atoms with van der Waals surface area (Å²) in [5.41, 5.74) is 6.66. The molecule has 2 aromatic rings. The lowest BCUT2D eigenvalue weighted by atomic mass is 9.77. The topological polar surface area (TPSA) is 43.5 Å². The molecule has 0 radical (unpaired) electrons. The van der Waals surface area contributed by atoms with Crippen LogP contribution in [0.5, 0.6) is 0 Å². The Bertz CT molecular complexity index is 1450. The fraction of sp³-hybridized carbons (Fsp3) is 0.250. The van der Waals surface area contributed by atoms with Crippen LogP contribution in [0.15, 0.2) is 109 Å². The summed E-state index contributed by atoms with van der Waals surface area (Å²) in [7, 11) is 0. The molecule has 0 atom stereocenters. The molecule has 182 valence electrons. The molecule has 0 fully saturated rings. The van der Waals surface area contributed by atoms with Crippen molar-refractivity contribution in [2.45, 2.75) is 38.5 Å². The van der Waals surface area contributed by atoms with Crippen molar-refractivity contribution >= 4 is 22.9 Å². The molecule has 3 aliphatic rings. The second kappa shape index (κ2) is 8.34. The minimum Gasteiger partial charge on any atom is -0.506 e. The highest BCUT2D eigenvalue weighted by Gasteiger charge is 2.46. The van der Waals surface area contributed by atoms with Crippen LogP contribution < -0.4 is 4.90 Å². The van der Waals surface area contributed by atoms with Crippen LogP contribution in [0.1, 0.15) is 38.8 Å². The molecular formula is C32H33N2O2+. The fourth-order valence-corrected chi connectivity index (χ4v) is 5.84. The van der Waals surface area contributed by atoms with E-state index in [2.05, 4.69) is 74.6 Å². The summed E-state index contributed by atoms with van der Waals surface area (Å²) in [6, 6.07) is 16.5. The normalized spacial score (nSPS) is 21.7. The van der Waals surface area contributed by atoms with E-state index in [9.17, 15) is 9.90 Å². The first-order valence-corrected chi connectivity index (χ1v) is 12.4. The Morgan fingerprint density at radius 3 is 2.25 bits per heavy atom. The molecule has 1 aliphatic carbocycles. The summed E-state index contributed by atoms with van der Waals surface area (Å²) in [5, 5.41) is 11.1. The second-order valence-corrected chi connectivity index (χ2v) is 10.6. The number of fused-ring (bicyclic) bond motifs is 2. The number of aliphatic hydroxyl groups is 1. The lowest BCUT2D eigenvalue weighted by Gasteiger charge is -2.28. The number of anilines is 1. The number of rotatable bonds is 6. The first-order chi connectivity index (χ1) is 17.1. The number of allylic oxidation sites excluding steroid dienone is 5. The zero-order chi connectivity index (χ0) is 25.8. The van der Waals surface area contributed by atoms with Crippen LogP contribution in [0.25, 0.3) is 0 Å². The molecule has 0 saturated heterocycles. The van der Waals surface area contributed by atoms with E-state index in [1.807, 2.05) is 48.6 Å². The van der Waals surface area contributed by atoms with Gasteiger partial charge in [-0.25, -0.2) is 0 Å². The maximum Gasteiger partial charge on any atom is 0.210 e. The molecule has 5 rings (SSSR count). The molecule has 4 nitrogen and oxygen atoms in total. The number of Topliss-reactive ketones (excluding diaryl/α,β-unsaturated/α-hetero) is 1. The van der Waals surface area contributed by atoms with Crippen molar-refractivity contribution in [2.75, 3.05) is 18.0 Å². The summed E-state index contributed by atoms with van der Waals surface area (Å²) >= 11 is 0. The number of aliphatic hydroxyl groups excluding tert-OH is 1. The number of carbonyl (C=O) groups is 1. The van der Waals surface area contributed by atoms with E-state index in [1.165, 1.54) is 11.1 Å². The summed E-state index contributed by atoms with van der Waals surface area (Å²) in [5.74, 6) is -0.0845. The number of benzene rings is 2. The van der Waals surface area contributed by atoms with E-state index in [1.54, 1.807) is 0 Å². The molecule has 0 unspecified atom stereocenters. The Hall–Kier alpha value is -3.92. The molecule has 2 heterocycles. The molecule has 0 spiro atoms. The van der Waals surface area contributed by atoms with Crippen molar-refractivity contribution in [3.8, 4) is 0 Å². The van der Waals surface area contributed by atoms with Crippen LogP contribution in [0.4, 0.5) is 11.4 Å². The number of hydrogen-bond donors (Lipinski definition) is 1. The molecular weight excluding hydrogens is 444 g/mol. The predicted molar refractivity (Wildman–Crippen MR) is 147 cm³/mol. The van der Waals surface area contributed by atoms with Crippen molar-refractivity contribution in [2.24, 2.45) is 0 Å². The molecule has 2 aliphatic heterocycles. The van der Waals surface area contributed by atoms with Gasteiger partial charge in [-0.05, 0) is 37.6 Å². The van der Waals surface area contributed by atoms with Gasteiger partial charge in [0.15, 0.2) is 12.3 Å². The SMILES string of the molecule is C=CCN1/C(=C/C2=C(O)C(=C/C3=[N+](CC=C)c4ccccc4C3(C)C)/C2=O)C(C)(C)c2ccccc21. The van der Waals surface area contributed by atoms with Gasteiger partial charge < -0.3 is 10.0 Å². The minimum atomic E-state index is -0.308. The van der Waals surface area contributed by atoms with E-state index in [4.69, 9.17) is 0 Å². The molecule has 1 N–H and O–H groups in total. The van der Waals surface area contributed by atoms with Gasteiger partial charge in [0.2, 0.25) is 11.5 Å². The average Bonchev–Trinajstić information content (AvgIpc) is 3.20. The second-order valence-electron chi connectivity index (χ2n) is 10.6. The van der Waals surface area contributed by atoms with Crippen LogP contribution in [0.2, 0.25) is 0 Å². The van der Waals surface area contributed by atoms with E-state index in [0.29, 0.717) is 24.2 Å². The molecule has 0 aromatic heterocycles. The van der Waals surface area contributed by atoms with Crippen LogP contribution >= 0.6 is 0 Å². The summed E-state index contributed by atoms with van der Waals surface area (Å²) < 4.78 is 2.18. The summed E-state index contributed by atoms with van der Waals surface area (Å²) in [6.45, 7) is 17.7. The van der Waals surface area contributed by atoms with Gasteiger partial charge in [-0.1, -0.05) is 62.9 Å². The highest BCUT2D eigenvalue weighted by atomic mass is 16.3. The van der Waals surface area contributed by atoms with Crippen molar-refractivity contribution in [1.29, 1.82) is 0 Å². The van der Waals surface area contributed by atoms with Gasteiger partial charge >= 0.3 is 0 Å². The van der Waals surface area contributed by atoms with E-state index in [0.717, 1.165) is 22.8 Å². The van der Waals surface area contributed by atoms with Crippen LogP contribution in [0, 0.1) is 0 Å². The first kappa shape index (κ1) is 23.8. The highest BCUT2D eigenvalue weighted by molar-refractivity contribution is 6.24. The van der Waals surface area contributed by atoms with Gasteiger partial charge in [-0.2, -0.15) is 4.58 Å². The average molecular weight is 478 g/mol. The van der Waals surface area contributed by atoms with E-state index >= 15 is 0 Å². The standard InChI is InChI=1S/C32H32N2O2/c1-7-17-33-25-15-11-9-13-23(25)31(3,4)27(33)19-21-29(35)22(30(21)36)20-28-32(5,6)24-14-10-12-16-26(24)34(28)18-8-2/h7-16,19-20H,1-2,17-18H2,3-6H3/p+1. The van der Waals surface area contributed by atoms with Crippen LogP contribution in [-0.2, 0) is 15.6 Å². The number of carbonyl (C=O) groups excluding carboxylic acids is 1. The number of para-hydroxylation sites is 2. The summed E-state index contributed by atoms with van der Waals surface area (Å²) in [6.07, 6.45) is 7.44. The Balaban J connectivity index is 1.59. The third kappa shape index (κ3) is 3.28. The lowest BCUT2D eigenvalue weighted by molar-refractivity contribution is -0.425. The molecule has 0 saturated carbocycles. The van der Waals surface area contributed by atoms with Crippen molar-refractivity contribution < 1.29 is 14.5 Å². The van der Waals surface area contributed by atoms with E-state index < -0.39 is 0 Å². The molecule has 36 heavy (non-hydrogen) atoms. The van der Waals surface area contributed by atoms with Gasteiger partial charge in [0, 0.05) is 41.1 Å². The molecule has 0 amide bonds. The third-order valence-corrected chi connectivity index (χ3v) is 7.78. The summed E-state index contributed by atoms with van der Waals surface area (Å²) in [4.78, 5) is 15.6. The Morgan fingerprint density at radius 1 is 0.917 bits per heavy atom. The predicted octanol–water partition coefficient (Wildman–Crippen LogP) is 6.44. The lowest BCUT2D eigenvalue weighted by Crippen LogP contribution is -2.32. The van der Waals surface area contributed by atoms with Crippen LogP contribution in [-0.4, -0.2) is 34.3 Å².